The summed E-state index contributed by atoms with van der Waals surface area (Å²) in [5.41, 5.74) is 1.22. The first-order chi connectivity index (χ1) is 12.1. The molecular weight excluding hydrogens is 320 g/mol. The molecule has 3 heterocycles. The van der Waals surface area contributed by atoms with Crippen LogP contribution >= 0.6 is 0 Å². The molecule has 3 rings (SSSR count). The van der Waals surface area contributed by atoms with Gasteiger partial charge in [0.2, 0.25) is 0 Å². The Hall–Kier alpha value is -2.35. The van der Waals surface area contributed by atoms with Crippen LogP contribution in [0.3, 0.4) is 0 Å². The van der Waals surface area contributed by atoms with Gasteiger partial charge < -0.3 is 9.42 Å². The Morgan fingerprint density at radius 3 is 3.00 bits per heavy atom. The predicted octanol–water partition coefficient (Wildman–Crippen LogP) is 2.34. The summed E-state index contributed by atoms with van der Waals surface area (Å²) in [6, 6.07) is 1.74. The molecule has 0 aliphatic carbocycles. The molecular formula is C17H26N6O2. The van der Waals surface area contributed by atoms with Crippen molar-refractivity contribution in [3.63, 3.8) is 0 Å². The average molecular weight is 346 g/mol. The smallest absolute Gasteiger partial charge is 0.322 e. The van der Waals surface area contributed by atoms with E-state index in [0.717, 1.165) is 25.9 Å². The van der Waals surface area contributed by atoms with Crippen molar-refractivity contribution < 1.29 is 9.32 Å². The summed E-state index contributed by atoms with van der Waals surface area (Å²) in [5, 5.41) is 10.8. The van der Waals surface area contributed by atoms with Crippen molar-refractivity contribution in [3.05, 3.63) is 30.3 Å². The zero-order valence-corrected chi connectivity index (χ0v) is 15.1. The number of amides is 2. The van der Waals surface area contributed by atoms with Crippen molar-refractivity contribution in [2.75, 3.05) is 32.0 Å². The van der Waals surface area contributed by atoms with Gasteiger partial charge in [-0.2, -0.15) is 5.10 Å². The molecule has 0 aromatic carbocycles. The Kier molecular flexibility index (Phi) is 5.37. The van der Waals surface area contributed by atoms with Crippen LogP contribution in [0, 0.1) is 5.92 Å². The van der Waals surface area contributed by atoms with Crippen LogP contribution in [0.4, 0.5) is 10.6 Å². The third-order valence-corrected chi connectivity index (χ3v) is 4.86. The third-order valence-electron chi connectivity index (χ3n) is 4.86. The zero-order chi connectivity index (χ0) is 17.8. The van der Waals surface area contributed by atoms with Gasteiger partial charge in [0.05, 0.1) is 6.20 Å². The van der Waals surface area contributed by atoms with Crippen LogP contribution in [-0.4, -0.2) is 57.5 Å². The van der Waals surface area contributed by atoms with Crippen molar-refractivity contribution >= 4 is 11.8 Å². The minimum Gasteiger partial charge on any atom is -0.363 e. The van der Waals surface area contributed by atoms with Gasteiger partial charge in [-0.25, -0.2) is 4.79 Å². The second kappa shape index (κ2) is 7.69. The molecule has 1 saturated heterocycles. The van der Waals surface area contributed by atoms with Crippen molar-refractivity contribution in [2.24, 2.45) is 13.0 Å². The molecule has 1 N–H and O–H groups in total. The van der Waals surface area contributed by atoms with Gasteiger partial charge in [0.15, 0.2) is 5.82 Å². The number of likely N-dealkylation sites (tertiary alicyclic amines) is 1. The first-order valence-electron chi connectivity index (χ1n) is 8.73. The minimum absolute atomic E-state index is 0.174. The fourth-order valence-electron chi connectivity index (χ4n) is 3.69. The number of anilines is 1. The number of aryl methyl sites for hydroxylation is 1. The van der Waals surface area contributed by atoms with E-state index >= 15 is 0 Å². The Balaban J connectivity index is 1.70. The summed E-state index contributed by atoms with van der Waals surface area (Å²) in [7, 11) is 3.76. The SMILES string of the molecule is CCN1CCC[C@@H](CN(C)C(=O)Nc2ccon2)[C@@H]1c1cnn(C)c1. The van der Waals surface area contributed by atoms with Crippen molar-refractivity contribution in [3.8, 4) is 0 Å². The molecule has 0 bridgehead atoms. The van der Waals surface area contributed by atoms with Gasteiger partial charge in [0, 0.05) is 44.5 Å². The number of carbonyl (C=O) groups excluding carboxylic acids is 1. The van der Waals surface area contributed by atoms with Gasteiger partial charge in [0.1, 0.15) is 6.26 Å². The van der Waals surface area contributed by atoms with E-state index in [-0.39, 0.29) is 12.1 Å². The average Bonchev–Trinajstić information content (AvgIpc) is 3.26. The van der Waals surface area contributed by atoms with Crippen LogP contribution in [0.25, 0.3) is 0 Å². The maximum Gasteiger partial charge on any atom is 0.322 e. The summed E-state index contributed by atoms with van der Waals surface area (Å²) in [5.74, 6) is 0.797. The molecule has 1 fully saturated rings. The molecule has 2 amide bonds. The quantitative estimate of drug-likeness (QED) is 0.899. The van der Waals surface area contributed by atoms with Crippen LogP contribution in [-0.2, 0) is 7.05 Å². The molecule has 8 nitrogen and oxygen atoms in total. The fourth-order valence-corrected chi connectivity index (χ4v) is 3.69. The first kappa shape index (κ1) is 17.5. The van der Waals surface area contributed by atoms with Crippen LogP contribution in [0.15, 0.2) is 29.2 Å². The lowest BCUT2D eigenvalue weighted by Gasteiger charge is -2.41. The normalized spacial score (nSPS) is 21.2. The highest BCUT2D eigenvalue weighted by Gasteiger charge is 2.34. The molecule has 0 saturated carbocycles. The number of rotatable bonds is 5. The van der Waals surface area contributed by atoms with E-state index in [1.54, 1.807) is 11.0 Å². The Labute approximate surface area is 147 Å². The maximum absolute atomic E-state index is 12.4. The van der Waals surface area contributed by atoms with Crippen LogP contribution < -0.4 is 5.32 Å². The number of nitrogens with one attached hydrogen (secondary N) is 1. The van der Waals surface area contributed by atoms with Crippen LogP contribution in [0.1, 0.15) is 31.4 Å². The first-order valence-corrected chi connectivity index (χ1v) is 8.73. The monoisotopic (exact) mass is 346 g/mol. The van der Waals surface area contributed by atoms with E-state index in [1.807, 2.05) is 25.0 Å². The molecule has 136 valence electrons. The molecule has 2 aromatic heterocycles. The lowest BCUT2D eigenvalue weighted by Crippen LogP contribution is -2.44. The van der Waals surface area contributed by atoms with Crippen LogP contribution in [0.5, 0.6) is 0 Å². The number of hydrogen-bond donors (Lipinski definition) is 1. The fraction of sp³-hybridized carbons (Fsp3) is 0.588. The van der Waals surface area contributed by atoms with Crippen molar-refractivity contribution in [2.45, 2.75) is 25.8 Å². The van der Waals surface area contributed by atoms with Gasteiger partial charge in [-0.05, 0) is 31.8 Å². The van der Waals surface area contributed by atoms with Crippen molar-refractivity contribution in [1.29, 1.82) is 0 Å². The maximum atomic E-state index is 12.4. The third kappa shape index (κ3) is 4.01. The number of piperidine rings is 1. The largest absolute Gasteiger partial charge is 0.363 e. The second-order valence-electron chi connectivity index (χ2n) is 6.62. The number of hydrogen-bond acceptors (Lipinski definition) is 5. The zero-order valence-electron chi connectivity index (χ0n) is 15.1. The highest BCUT2D eigenvalue weighted by molar-refractivity contribution is 5.87. The van der Waals surface area contributed by atoms with Gasteiger partial charge >= 0.3 is 6.03 Å². The van der Waals surface area contributed by atoms with E-state index in [4.69, 9.17) is 4.52 Å². The van der Waals surface area contributed by atoms with E-state index in [0.29, 0.717) is 18.3 Å². The molecule has 25 heavy (non-hydrogen) atoms. The number of nitrogens with zero attached hydrogens (tertiary/aromatic N) is 5. The van der Waals surface area contributed by atoms with Crippen LogP contribution in [0.2, 0.25) is 0 Å². The molecule has 1 aliphatic heterocycles. The molecule has 8 heteroatoms. The summed E-state index contributed by atoms with van der Waals surface area (Å²) in [6.45, 7) is 4.94. The van der Waals surface area contributed by atoms with E-state index in [1.165, 1.54) is 11.8 Å². The molecule has 0 radical (unpaired) electrons. The lowest BCUT2D eigenvalue weighted by molar-refractivity contribution is 0.0828. The molecule has 0 spiro atoms. The summed E-state index contributed by atoms with van der Waals surface area (Å²) >= 11 is 0. The summed E-state index contributed by atoms with van der Waals surface area (Å²) in [6.07, 6.45) is 7.71. The minimum atomic E-state index is -0.174. The Bertz CT molecular complexity index is 683. The number of carbonyl (C=O) groups is 1. The second-order valence-corrected chi connectivity index (χ2v) is 6.62. The number of aromatic nitrogens is 3. The summed E-state index contributed by atoms with van der Waals surface area (Å²) < 4.78 is 6.59. The lowest BCUT2D eigenvalue weighted by atomic mass is 9.85. The highest BCUT2D eigenvalue weighted by atomic mass is 16.5. The topological polar surface area (TPSA) is 79.4 Å². The standard InChI is InChI=1S/C17H26N6O2/c1-4-23-8-5-6-13(16(23)14-10-18-22(3)12-14)11-21(2)17(24)19-15-7-9-25-20-15/h7,9-10,12-13,16H,4-6,8,11H2,1-3H3,(H,19,20,24)/t13-,16+/m0/s1. The molecule has 1 aliphatic rings. The molecule has 2 atom stereocenters. The summed E-state index contributed by atoms with van der Waals surface area (Å²) in [4.78, 5) is 16.6. The number of urea groups is 1. The van der Waals surface area contributed by atoms with E-state index in [2.05, 4.69) is 33.6 Å². The predicted molar refractivity (Wildman–Crippen MR) is 94.1 cm³/mol. The molecule has 0 unspecified atom stereocenters. The van der Waals surface area contributed by atoms with Gasteiger partial charge in [-0.3, -0.25) is 14.9 Å². The van der Waals surface area contributed by atoms with Gasteiger partial charge in [-0.1, -0.05) is 12.1 Å². The van der Waals surface area contributed by atoms with Gasteiger partial charge in [-0.15, -0.1) is 0 Å². The van der Waals surface area contributed by atoms with Crippen molar-refractivity contribution in [1.82, 2.24) is 24.7 Å². The molecule has 2 aromatic rings. The Morgan fingerprint density at radius 2 is 2.36 bits per heavy atom. The Morgan fingerprint density at radius 1 is 1.52 bits per heavy atom. The van der Waals surface area contributed by atoms with Gasteiger partial charge in [0.25, 0.3) is 0 Å². The highest BCUT2D eigenvalue weighted by Crippen LogP contribution is 2.36. The van der Waals surface area contributed by atoms with E-state index in [9.17, 15) is 4.79 Å². The van der Waals surface area contributed by atoms with E-state index < -0.39 is 0 Å².